The number of oxazole rings is 1. The minimum absolute atomic E-state index is 0.0213. The van der Waals surface area contributed by atoms with Crippen LogP contribution in [0.1, 0.15) is 19.2 Å². The second-order valence-corrected chi connectivity index (χ2v) is 5.17. The highest BCUT2D eigenvalue weighted by Crippen LogP contribution is 2.22. The molecule has 5 nitrogen and oxygen atoms in total. The van der Waals surface area contributed by atoms with E-state index in [0.717, 1.165) is 12.0 Å². The summed E-state index contributed by atoms with van der Waals surface area (Å²) in [4.78, 5) is 16.8. The van der Waals surface area contributed by atoms with Gasteiger partial charge in [-0.1, -0.05) is 18.5 Å². The summed E-state index contributed by atoms with van der Waals surface area (Å²) < 4.78 is 5.68. The molecule has 1 N–H and O–H groups in total. The molecule has 1 heterocycles. The van der Waals surface area contributed by atoms with Gasteiger partial charge in [0.05, 0.1) is 19.3 Å². The van der Waals surface area contributed by atoms with Gasteiger partial charge in [-0.05, 0) is 37.2 Å². The highest BCUT2D eigenvalue weighted by Gasteiger charge is 2.13. The van der Waals surface area contributed by atoms with Gasteiger partial charge in [0.1, 0.15) is 0 Å². The summed E-state index contributed by atoms with van der Waals surface area (Å²) in [6, 6.07) is 7.28. The van der Waals surface area contributed by atoms with Crippen LogP contribution in [0.15, 0.2) is 34.9 Å². The molecule has 6 heteroatoms. The number of carboxylic acid groups (broad SMARTS) is 1. The van der Waals surface area contributed by atoms with Crippen molar-refractivity contribution in [2.75, 3.05) is 13.1 Å². The first-order chi connectivity index (χ1) is 10.1. The van der Waals surface area contributed by atoms with E-state index in [0.29, 0.717) is 29.8 Å². The molecule has 2 aromatic rings. The molecular weight excluding hydrogens is 292 g/mol. The first-order valence-electron chi connectivity index (χ1n) is 6.73. The minimum atomic E-state index is -0.854. The Morgan fingerprint density at radius 1 is 1.38 bits per heavy atom. The van der Waals surface area contributed by atoms with Crippen LogP contribution < -0.4 is 0 Å². The van der Waals surface area contributed by atoms with Crippen molar-refractivity contribution in [2.45, 2.75) is 19.9 Å². The number of carboxylic acids is 1. The van der Waals surface area contributed by atoms with Gasteiger partial charge in [-0.2, -0.15) is 0 Å². The zero-order chi connectivity index (χ0) is 15.2. The molecule has 0 aliphatic rings. The Bertz CT molecular complexity index is 595. The molecule has 0 unspecified atom stereocenters. The molecule has 0 atom stereocenters. The molecule has 0 radical (unpaired) electrons. The van der Waals surface area contributed by atoms with Crippen LogP contribution in [-0.4, -0.2) is 34.0 Å². The number of hydrogen-bond acceptors (Lipinski definition) is 4. The van der Waals surface area contributed by atoms with Gasteiger partial charge in [-0.3, -0.25) is 9.69 Å². The van der Waals surface area contributed by atoms with E-state index in [-0.39, 0.29) is 6.54 Å². The third-order valence-corrected chi connectivity index (χ3v) is 3.19. The smallest absolute Gasteiger partial charge is 0.317 e. The van der Waals surface area contributed by atoms with Crippen LogP contribution in [0.4, 0.5) is 0 Å². The predicted octanol–water partition coefficient (Wildman–Crippen LogP) is 3.29. The van der Waals surface area contributed by atoms with Crippen molar-refractivity contribution < 1.29 is 14.3 Å². The number of carbonyl (C=O) groups is 1. The molecule has 1 aromatic carbocycles. The third kappa shape index (κ3) is 4.58. The summed E-state index contributed by atoms with van der Waals surface area (Å²) in [5, 5.41) is 9.55. The zero-order valence-electron chi connectivity index (χ0n) is 11.8. The van der Waals surface area contributed by atoms with E-state index in [4.69, 9.17) is 21.1 Å². The van der Waals surface area contributed by atoms with Crippen molar-refractivity contribution in [1.29, 1.82) is 0 Å². The fourth-order valence-corrected chi connectivity index (χ4v) is 2.17. The van der Waals surface area contributed by atoms with E-state index in [1.807, 2.05) is 19.1 Å². The van der Waals surface area contributed by atoms with Gasteiger partial charge in [0.2, 0.25) is 5.89 Å². The van der Waals surface area contributed by atoms with Crippen LogP contribution >= 0.6 is 11.6 Å². The lowest BCUT2D eigenvalue weighted by Gasteiger charge is -2.16. The molecule has 0 fully saturated rings. The van der Waals surface area contributed by atoms with Crippen molar-refractivity contribution >= 4 is 17.6 Å². The number of aromatic nitrogens is 1. The Morgan fingerprint density at radius 2 is 2.10 bits per heavy atom. The number of benzene rings is 1. The Morgan fingerprint density at radius 3 is 2.71 bits per heavy atom. The summed E-state index contributed by atoms with van der Waals surface area (Å²) in [6.07, 6.45) is 2.52. The van der Waals surface area contributed by atoms with E-state index < -0.39 is 5.97 Å². The minimum Gasteiger partial charge on any atom is -0.480 e. The van der Waals surface area contributed by atoms with Crippen LogP contribution in [-0.2, 0) is 11.3 Å². The van der Waals surface area contributed by atoms with E-state index in [9.17, 15) is 4.79 Å². The molecule has 112 valence electrons. The van der Waals surface area contributed by atoms with Gasteiger partial charge < -0.3 is 9.52 Å². The van der Waals surface area contributed by atoms with Crippen molar-refractivity contribution in [1.82, 2.24) is 9.88 Å². The van der Waals surface area contributed by atoms with Crippen molar-refractivity contribution in [3.63, 3.8) is 0 Å². The SMILES string of the molecule is CCCN(CC(=O)O)Cc1ncc(-c2ccc(Cl)cc2)o1. The number of nitrogens with zero attached hydrogens (tertiary/aromatic N) is 2. The lowest BCUT2D eigenvalue weighted by Crippen LogP contribution is -2.30. The van der Waals surface area contributed by atoms with Crippen molar-refractivity contribution in [3.05, 3.63) is 41.4 Å². The normalized spacial score (nSPS) is 11.0. The molecule has 0 bridgehead atoms. The topological polar surface area (TPSA) is 66.6 Å². The Balaban J connectivity index is 2.07. The van der Waals surface area contributed by atoms with Crippen LogP contribution in [0.2, 0.25) is 5.02 Å². The summed E-state index contributed by atoms with van der Waals surface area (Å²) in [7, 11) is 0. The van der Waals surface area contributed by atoms with Crippen LogP contribution in [0.25, 0.3) is 11.3 Å². The van der Waals surface area contributed by atoms with Gasteiger partial charge in [0.15, 0.2) is 5.76 Å². The molecule has 0 spiro atoms. The van der Waals surface area contributed by atoms with Crippen molar-refractivity contribution in [2.24, 2.45) is 0 Å². The summed E-state index contributed by atoms with van der Waals surface area (Å²) in [5.74, 6) is 0.302. The Hall–Kier alpha value is -1.85. The van der Waals surface area contributed by atoms with Gasteiger partial charge >= 0.3 is 5.97 Å². The van der Waals surface area contributed by atoms with Crippen molar-refractivity contribution in [3.8, 4) is 11.3 Å². The summed E-state index contributed by atoms with van der Waals surface area (Å²) in [5.41, 5.74) is 0.887. The average molecular weight is 309 g/mol. The monoisotopic (exact) mass is 308 g/mol. The first kappa shape index (κ1) is 15.5. The largest absolute Gasteiger partial charge is 0.480 e. The van der Waals surface area contributed by atoms with Crippen LogP contribution in [0.5, 0.6) is 0 Å². The average Bonchev–Trinajstić information content (AvgIpc) is 2.87. The lowest BCUT2D eigenvalue weighted by molar-refractivity contribution is -0.138. The predicted molar refractivity (Wildman–Crippen MR) is 80.2 cm³/mol. The lowest BCUT2D eigenvalue weighted by atomic mass is 10.2. The highest BCUT2D eigenvalue weighted by molar-refractivity contribution is 6.30. The number of rotatable bonds is 7. The van der Waals surface area contributed by atoms with E-state index in [1.165, 1.54) is 0 Å². The quantitative estimate of drug-likeness (QED) is 0.850. The maximum absolute atomic E-state index is 10.8. The Labute approximate surface area is 128 Å². The van der Waals surface area contributed by atoms with Crippen LogP contribution in [0, 0.1) is 0 Å². The molecule has 2 rings (SSSR count). The first-order valence-corrected chi connectivity index (χ1v) is 7.11. The van der Waals surface area contributed by atoms with E-state index in [1.54, 1.807) is 23.2 Å². The molecule has 21 heavy (non-hydrogen) atoms. The van der Waals surface area contributed by atoms with E-state index >= 15 is 0 Å². The van der Waals surface area contributed by atoms with Gasteiger partial charge in [0.25, 0.3) is 0 Å². The second kappa shape index (κ2) is 7.24. The second-order valence-electron chi connectivity index (χ2n) is 4.73. The maximum Gasteiger partial charge on any atom is 0.317 e. The maximum atomic E-state index is 10.8. The highest BCUT2D eigenvalue weighted by atomic mass is 35.5. The standard InChI is InChI=1S/C15H17ClN2O3/c1-2-7-18(10-15(19)20)9-14-17-8-13(21-14)11-3-5-12(16)6-4-11/h3-6,8H,2,7,9-10H2,1H3,(H,19,20). The van der Waals surface area contributed by atoms with Gasteiger partial charge in [-0.25, -0.2) is 4.98 Å². The molecule has 0 aliphatic heterocycles. The summed E-state index contributed by atoms with van der Waals surface area (Å²) in [6.45, 7) is 3.05. The van der Waals surface area contributed by atoms with Crippen LogP contribution in [0.3, 0.4) is 0 Å². The molecule has 0 amide bonds. The number of halogens is 1. The summed E-state index contributed by atoms with van der Waals surface area (Å²) >= 11 is 5.85. The fraction of sp³-hybridized carbons (Fsp3) is 0.333. The molecule has 0 aliphatic carbocycles. The number of hydrogen-bond donors (Lipinski definition) is 1. The molecular formula is C15H17ClN2O3. The van der Waals surface area contributed by atoms with E-state index in [2.05, 4.69) is 4.98 Å². The molecule has 1 aromatic heterocycles. The van der Waals surface area contributed by atoms with Gasteiger partial charge in [0, 0.05) is 10.6 Å². The molecule has 0 saturated carbocycles. The zero-order valence-corrected chi connectivity index (χ0v) is 12.5. The molecule has 0 saturated heterocycles. The third-order valence-electron chi connectivity index (χ3n) is 2.94. The number of aliphatic carboxylic acids is 1. The van der Waals surface area contributed by atoms with Gasteiger partial charge in [-0.15, -0.1) is 0 Å². The fourth-order valence-electron chi connectivity index (χ4n) is 2.04. The Kier molecular flexibility index (Phi) is 5.36.